The van der Waals surface area contributed by atoms with Gasteiger partial charge in [0.25, 0.3) is 0 Å². The van der Waals surface area contributed by atoms with Crippen molar-refractivity contribution in [3.05, 3.63) is 0 Å². The van der Waals surface area contributed by atoms with Crippen molar-refractivity contribution in [3.8, 4) is 0 Å². The topological polar surface area (TPSA) is 69.2 Å². The standard InChI is InChI=1S/C21H39N5O2/c1-17(15-25-10-12-28-13-11-25)14-23-21(22-2)24-19-8-9-26(16-19)20(27)18-6-4-3-5-7-18/h17-19H,3-16H2,1-2H3,(H2,22,23,24). The molecule has 1 saturated carbocycles. The number of ether oxygens (including phenoxy) is 1. The minimum atomic E-state index is 0.269. The van der Waals surface area contributed by atoms with Crippen molar-refractivity contribution >= 4 is 11.9 Å². The van der Waals surface area contributed by atoms with Gasteiger partial charge in [-0.05, 0) is 25.2 Å². The first-order chi connectivity index (χ1) is 13.7. The molecule has 7 heteroatoms. The summed E-state index contributed by atoms with van der Waals surface area (Å²) in [5.41, 5.74) is 0. The third-order valence-electron chi connectivity index (χ3n) is 6.31. The Labute approximate surface area is 170 Å². The predicted octanol–water partition coefficient (Wildman–Crippen LogP) is 1.30. The summed E-state index contributed by atoms with van der Waals surface area (Å²) in [5.74, 6) is 2.05. The summed E-state index contributed by atoms with van der Waals surface area (Å²) in [6, 6.07) is 0.299. The number of nitrogens with one attached hydrogen (secondary N) is 2. The van der Waals surface area contributed by atoms with Crippen molar-refractivity contribution in [1.29, 1.82) is 0 Å². The lowest BCUT2D eigenvalue weighted by molar-refractivity contribution is -0.135. The lowest BCUT2D eigenvalue weighted by Gasteiger charge is -2.29. The van der Waals surface area contributed by atoms with E-state index in [1.165, 1.54) is 19.3 Å². The molecule has 2 saturated heterocycles. The minimum absolute atomic E-state index is 0.269. The highest BCUT2D eigenvalue weighted by molar-refractivity contribution is 5.81. The fraction of sp³-hybridized carbons (Fsp3) is 0.905. The molecule has 3 aliphatic rings. The molecule has 0 bridgehead atoms. The van der Waals surface area contributed by atoms with E-state index >= 15 is 0 Å². The summed E-state index contributed by atoms with van der Waals surface area (Å²) in [4.78, 5) is 21.7. The van der Waals surface area contributed by atoms with Gasteiger partial charge in [-0.15, -0.1) is 0 Å². The van der Waals surface area contributed by atoms with Crippen LogP contribution < -0.4 is 10.6 Å². The van der Waals surface area contributed by atoms with Crippen LogP contribution in [0.1, 0.15) is 45.4 Å². The van der Waals surface area contributed by atoms with Gasteiger partial charge in [0, 0.05) is 58.3 Å². The van der Waals surface area contributed by atoms with Crippen LogP contribution >= 0.6 is 0 Å². The summed E-state index contributed by atoms with van der Waals surface area (Å²) in [6.07, 6.45) is 6.88. The monoisotopic (exact) mass is 393 g/mol. The number of aliphatic imine (C=N–C) groups is 1. The quantitative estimate of drug-likeness (QED) is 0.526. The molecule has 2 heterocycles. The van der Waals surface area contributed by atoms with E-state index in [0.29, 0.717) is 17.9 Å². The first kappa shape index (κ1) is 21.4. The van der Waals surface area contributed by atoms with E-state index in [1.807, 2.05) is 7.05 Å². The number of amides is 1. The van der Waals surface area contributed by atoms with Gasteiger partial charge in [-0.1, -0.05) is 26.2 Å². The van der Waals surface area contributed by atoms with Crippen molar-refractivity contribution in [3.63, 3.8) is 0 Å². The van der Waals surface area contributed by atoms with Crippen molar-refractivity contribution in [2.45, 2.75) is 51.5 Å². The van der Waals surface area contributed by atoms with Crippen molar-refractivity contribution < 1.29 is 9.53 Å². The second-order valence-electron chi connectivity index (χ2n) is 8.72. The minimum Gasteiger partial charge on any atom is -0.379 e. The molecular formula is C21H39N5O2. The zero-order chi connectivity index (χ0) is 19.8. The fourth-order valence-electron chi connectivity index (χ4n) is 4.63. The maximum absolute atomic E-state index is 12.7. The highest BCUT2D eigenvalue weighted by Gasteiger charge is 2.31. The molecule has 3 fully saturated rings. The van der Waals surface area contributed by atoms with Crippen LogP contribution in [-0.4, -0.2) is 87.2 Å². The maximum Gasteiger partial charge on any atom is 0.225 e. The fourth-order valence-corrected chi connectivity index (χ4v) is 4.63. The summed E-state index contributed by atoms with van der Waals surface area (Å²) < 4.78 is 5.42. The maximum atomic E-state index is 12.7. The van der Waals surface area contributed by atoms with Crippen molar-refractivity contribution in [1.82, 2.24) is 20.4 Å². The third kappa shape index (κ3) is 6.34. The smallest absolute Gasteiger partial charge is 0.225 e. The van der Waals surface area contributed by atoms with E-state index in [4.69, 9.17) is 4.74 Å². The summed E-state index contributed by atoms with van der Waals surface area (Å²) in [7, 11) is 1.82. The molecule has 0 aromatic rings. The van der Waals surface area contributed by atoms with E-state index in [0.717, 1.165) is 77.7 Å². The van der Waals surface area contributed by atoms with Crippen LogP contribution in [0, 0.1) is 11.8 Å². The van der Waals surface area contributed by atoms with Gasteiger partial charge in [0.15, 0.2) is 5.96 Å². The number of nitrogens with zero attached hydrogens (tertiary/aromatic N) is 3. The molecular weight excluding hydrogens is 354 g/mol. The number of carbonyl (C=O) groups excluding carboxylic acids is 1. The van der Waals surface area contributed by atoms with E-state index < -0.39 is 0 Å². The van der Waals surface area contributed by atoms with Gasteiger partial charge in [0.05, 0.1) is 13.2 Å². The molecule has 28 heavy (non-hydrogen) atoms. The van der Waals surface area contributed by atoms with Gasteiger partial charge in [-0.3, -0.25) is 14.7 Å². The van der Waals surface area contributed by atoms with Gasteiger partial charge < -0.3 is 20.3 Å². The Bertz CT molecular complexity index is 515. The molecule has 2 unspecified atom stereocenters. The normalized spacial score (nSPS) is 26.3. The van der Waals surface area contributed by atoms with Crippen LogP contribution in [0.15, 0.2) is 4.99 Å². The van der Waals surface area contributed by atoms with Gasteiger partial charge in [-0.25, -0.2) is 0 Å². The Balaban J connectivity index is 1.36. The Morgan fingerprint density at radius 3 is 2.61 bits per heavy atom. The second-order valence-corrected chi connectivity index (χ2v) is 8.72. The molecule has 3 rings (SSSR count). The zero-order valence-electron chi connectivity index (χ0n) is 17.8. The van der Waals surface area contributed by atoms with Crippen molar-refractivity contribution in [2.75, 3.05) is 59.5 Å². The molecule has 1 amide bonds. The molecule has 2 atom stereocenters. The summed E-state index contributed by atoms with van der Waals surface area (Å²) in [5, 5.41) is 6.99. The number of carbonyl (C=O) groups is 1. The first-order valence-corrected chi connectivity index (χ1v) is 11.2. The van der Waals surface area contributed by atoms with E-state index in [2.05, 4.69) is 32.3 Å². The molecule has 1 aliphatic carbocycles. The predicted molar refractivity (Wildman–Crippen MR) is 112 cm³/mol. The number of rotatable bonds is 6. The average Bonchev–Trinajstić information content (AvgIpc) is 3.20. The van der Waals surface area contributed by atoms with Crippen LogP contribution in [0.2, 0.25) is 0 Å². The molecule has 2 N–H and O–H groups in total. The Morgan fingerprint density at radius 2 is 1.89 bits per heavy atom. The molecule has 0 aromatic heterocycles. The Morgan fingerprint density at radius 1 is 1.14 bits per heavy atom. The van der Waals surface area contributed by atoms with E-state index in [-0.39, 0.29) is 5.92 Å². The summed E-state index contributed by atoms with van der Waals surface area (Å²) in [6.45, 7) is 9.69. The van der Waals surface area contributed by atoms with E-state index in [9.17, 15) is 4.79 Å². The molecule has 2 aliphatic heterocycles. The lowest BCUT2D eigenvalue weighted by atomic mass is 9.88. The number of hydrogen-bond donors (Lipinski definition) is 2. The van der Waals surface area contributed by atoms with Crippen molar-refractivity contribution in [2.24, 2.45) is 16.8 Å². The zero-order valence-corrected chi connectivity index (χ0v) is 17.8. The number of guanidine groups is 1. The van der Waals surface area contributed by atoms with E-state index in [1.54, 1.807) is 0 Å². The van der Waals surface area contributed by atoms with Crippen LogP contribution in [0.3, 0.4) is 0 Å². The summed E-state index contributed by atoms with van der Waals surface area (Å²) >= 11 is 0. The van der Waals surface area contributed by atoms with Gasteiger partial charge in [0.1, 0.15) is 0 Å². The lowest BCUT2D eigenvalue weighted by Crippen LogP contribution is -2.47. The van der Waals surface area contributed by atoms with Gasteiger partial charge >= 0.3 is 0 Å². The number of likely N-dealkylation sites (tertiary alicyclic amines) is 1. The SMILES string of the molecule is CN=C(NCC(C)CN1CCOCC1)NC1CCN(C(=O)C2CCCCC2)C1. The van der Waals surface area contributed by atoms with Gasteiger partial charge in [0.2, 0.25) is 5.91 Å². The molecule has 7 nitrogen and oxygen atoms in total. The first-order valence-electron chi connectivity index (χ1n) is 11.2. The number of morpholine rings is 1. The second kappa shape index (κ2) is 11.0. The number of hydrogen-bond acceptors (Lipinski definition) is 4. The average molecular weight is 394 g/mol. The Kier molecular flexibility index (Phi) is 8.40. The highest BCUT2D eigenvalue weighted by Crippen LogP contribution is 2.26. The highest BCUT2D eigenvalue weighted by atomic mass is 16.5. The third-order valence-corrected chi connectivity index (χ3v) is 6.31. The van der Waals surface area contributed by atoms with Crippen LogP contribution in [0.5, 0.6) is 0 Å². The van der Waals surface area contributed by atoms with Gasteiger partial charge in [-0.2, -0.15) is 0 Å². The van der Waals surface area contributed by atoms with Crippen LogP contribution in [-0.2, 0) is 9.53 Å². The molecule has 0 radical (unpaired) electrons. The molecule has 0 aromatic carbocycles. The van der Waals surface area contributed by atoms with Crippen LogP contribution in [0.4, 0.5) is 0 Å². The Hall–Kier alpha value is -1.34. The van der Waals surface area contributed by atoms with Crippen LogP contribution in [0.25, 0.3) is 0 Å². The molecule has 160 valence electrons. The molecule has 0 spiro atoms. The largest absolute Gasteiger partial charge is 0.379 e.